The predicted molar refractivity (Wildman–Crippen MR) is 101 cm³/mol. The van der Waals surface area contributed by atoms with Crippen molar-refractivity contribution in [1.82, 2.24) is 4.90 Å². The van der Waals surface area contributed by atoms with Crippen LogP contribution >= 0.6 is 0 Å². The highest BCUT2D eigenvalue weighted by atomic mass is 19.1. The number of piperidine rings is 1. The lowest BCUT2D eigenvalue weighted by Gasteiger charge is -2.35. The van der Waals surface area contributed by atoms with Crippen LogP contribution < -0.4 is 4.90 Å². The molecule has 26 heavy (non-hydrogen) atoms. The van der Waals surface area contributed by atoms with Crippen LogP contribution in [0.5, 0.6) is 0 Å². The van der Waals surface area contributed by atoms with E-state index in [-0.39, 0.29) is 23.7 Å². The number of halogens is 1. The number of benzene rings is 2. The minimum absolute atomic E-state index is 0.0194. The molecule has 4 rings (SSSR count). The van der Waals surface area contributed by atoms with Gasteiger partial charge in [-0.05, 0) is 62.1 Å². The Kier molecular flexibility index (Phi) is 4.77. The molecule has 0 spiro atoms. The molecule has 0 radical (unpaired) electrons. The highest BCUT2D eigenvalue weighted by molar-refractivity contribution is 5.97. The van der Waals surface area contributed by atoms with Crippen LogP contribution in [0.3, 0.4) is 0 Å². The first-order chi connectivity index (χ1) is 12.6. The summed E-state index contributed by atoms with van der Waals surface area (Å²) in [6.07, 6.45) is 2.88. The number of hydrogen-bond donors (Lipinski definition) is 0. The topological polar surface area (TPSA) is 23.6 Å². The second-order valence-electron chi connectivity index (χ2n) is 7.59. The second kappa shape index (κ2) is 7.20. The van der Waals surface area contributed by atoms with E-state index in [4.69, 9.17) is 0 Å². The van der Waals surface area contributed by atoms with Gasteiger partial charge < -0.3 is 4.90 Å². The standard InChI is InChI=1S/C22H25FN2O/c1-16-12-18-7-2-3-10-21(18)25(16)22(26)19-8-5-11-24(15-19)14-17-6-4-9-20(23)13-17/h2-4,6-7,9-10,13,16,19H,5,8,11-12,14-15H2,1H3. The third-order valence-electron chi connectivity index (χ3n) is 5.59. The maximum atomic E-state index is 13.4. The Morgan fingerprint density at radius 1 is 1.19 bits per heavy atom. The van der Waals surface area contributed by atoms with Crippen molar-refractivity contribution in [3.05, 3.63) is 65.5 Å². The molecule has 0 aliphatic carbocycles. The van der Waals surface area contributed by atoms with Gasteiger partial charge in [-0.2, -0.15) is 0 Å². The molecular formula is C22H25FN2O. The molecule has 0 bridgehead atoms. The van der Waals surface area contributed by atoms with Gasteiger partial charge in [-0.15, -0.1) is 0 Å². The Labute approximate surface area is 154 Å². The van der Waals surface area contributed by atoms with Crippen molar-refractivity contribution < 1.29 is 9.18 Å². The van der Waals surface area contributed by atoms with Gasteiger partial charge in [0.05, 0.1) is 5.92 Å². The molecule has 2 aromatic rings. The zero-order chi connectivity index (χ0) is 18.1. The number of carbonyl (C=O) groups excluding carboxylic acids is 1. The van der Waals surface area contributed by atoms with Gasteiger partial charge in [0.15, 0.2) is 0 Å². The van der Waals surface area contributed by atoms with E-state index in [2.05, 4.69) is 24.0 Å². The van der Waals surface area contributed by atoms with Gasteiger partial charge in [-0.3, -0.25) is 9.69 Å². The summed E-state index contributed by atoms with van der Waals surface area (Å²) in [5.41, 5.74) is 3.31. The lowest BCUT2D eigenvalue weighted by molar-refractivity contribution is -0.124. The fourth-order valence-corrected chi connectivity index (χ4v) is 4.39. The summed E-state index contributed by atoms with van der Waals surface area (Å²) < 4.78 is 13.4. The maximum Gasteiger partial charge on any atom is 0.231 e. The van der Waals surface area contributed by atoms with Gasteiger partial charge >= 0.3 is 0 Å². The molecule has 2 aliphatic heterocycles. The molecule has 0 saturated carbocycles. The van der Waals surface area contributed by atoms with E-state index in [0.29, 0.717) is 6.54 Å². The van der Waals surface area contributed by atoms with Crippen molar-refractivity contribution in [1.29, 1.82) is 0 Å². The van der Waals surface area contributed by atoms with Gasteiger partial charge in [0.1, 0.15) is 5.82 Å². The predicted octanol–water partition coefficient (Wildman–Crippen LogP) is 4.02. The van der Waals surface area contributed by atoms with E-state index in [0.717, 1.165) is 43.6 Å². The molecule has 2 aliphatic rings. The van der Waals surface area contributed by atoms with Crippen LogP contribution in [0.25, 0.3) is 0 Å². The van der Waals surface area contributed by atoms with Crippen LogP contribution in [0.2, 0.25) is 0 Å². The fourth-order valence-electron chi connectivity index (χ4n) is 4.39. The first-order valence-corrected chi connectivity index (χ1v) is 9.49. The molecule has 1 amide bonds. The number of nitrogens with zero attached hydrogens (tertiary/aromatic N) is 2. The summed E-state index contributed by atoms with van der Waals surface area (Å²) in [5, 5.41) is 0. The fraction of sp³-hybridized carbons (Fsp3) is 0.409. The molecule has 136 valence electrons. The Balaban J connectivity index is 1.47. The van der Waals surface area contributed by atoms with Crippen molar-refractivity contribution in [2.75, 3.05) is 18.0 Å². The zero-order valence-electron chi connectivity index (χ0n) is 15.2. The Morgan fingerprint density at radius 2 is 2.04 bits per heavy atom. The molecule has 3 nitrogen and oxygen atoms in total. The third-order valence-corrected chi connectivity index (χ3v) is 5.59. The number of fused-ring (bicyclic) bond motifs is 1. The van der Waals surface area contributed by atoms with E-state index in [1.165, 1.54) is 11.6 Å². The molecular weight excluding hydrogens is 327 g/mol. The molecule has 2 unspecified atom stereocenters. The normalized spacial score (nSPS) is 23.1. The highest BCUT2D eigenvalue weighted by Gasteiger charge is 2.36. The number of carbonyl (C=O) groups is 1. The zero-order valence-corrected chi connectivity index (χ0v) is 15.2. The molecule has 0 N–H and O–H groups in total. The summed E-state index contributed by atoms with van der Waals surface area (Å²) in [7, 11) is 0. The first-order valence-electron chi connectivity index (χ1n) is 9.49. The van der Waals surface area contributed by atoms with E-state index >= 15 is 0 Å². The minimum atomic E-state index is -0.199. The van der Waals surface area contributed by atoms with E-state index < -0.39 is 0 Å². The van der Waals surface area contributed by atoms with Crippen molar-refractivity contribution in [2.45, 2.75) is 38.8 Å². The van der Waals surface area contributed by atoms with E-state index in [9.17, 15) is 9.18 Å². The molecule has 4 heteroatoms. The lowest BCUT2D eigenvalue weighted by Crippen LogP contribution is -2.46. The van der Waals surface area contributed by atoms with Crippen LogP contribution in [0.1, 0.15) is 30.9 Å². The SMILES string of the molecule is CC1Cc2ccccc2N1C(=O)C1CCCN(Cc2cccc(F)c2)C1. The van der Waals surface area contributed by atoms with Gasteiger partial charge in [0.2, 0.25) is 5.91 Å². The number of amides is 1. The second-order valence-corrected chi connectivity index (χ2v) is 7.59. The quantitative estimate of drug-likeness (QED) is 0.833. The summed E-state index contributed by atoms with van der Waals surface area (Å²) in [4.78, 5) is 17.6. The maximum absolute atomic E-state index is 13.4. The number of anilines is 1. The molecule has 0 aromatic heterocycles. The van der Waals surface area contributed by atoms with Gasteiger partial charge in [-0.1, -0.05) is 30.3 Å². The van der Waals surface area contributed by atoms with Crippen LogP contribution in [-0.4, -0.2) is 29.9 Å². The number of para-hydroxylation sites is 1. The molecule has 2 heterocycles. The molecule has 2 atom stereocenters. The van der Waals surface area contributed by atoms with Crippen molar-refractivity contribution in [3.8, 4) is 0 Å². The number of likely N-dealkylation sites (tertiary alicyclic amines) is 1. The number of rotatable bonds is 3. The van der Waals surface area contributed by atoms with Crippen molar-refractivity contribution in [2.24, 2.45) is 5.92 Å². The van der Waals surface area contributed by atoms with Crippen molar-refractivity contribution >= 4 is 11.6 Å². The summed E-state index contributed by atoms with van der Waals surface area (Å²) >= 11 is 0. The van der Waals surface area contributed by atoms with Gasteiger partial charge in [-0.25, -0.2) is 4.39 Å². The lowest BCUT2D eigenvalue weighted by atomic mass is 9.95. The van der Waals surface area contributed by atoms with Gasteiger partial charge in [0, 0.05) is 24.8 Å². The Bertz CT molecular complexity index is 806. The van der Waals surface area contributed by atoms with E-state index in [1.807, 2.05) is 23.1 Å². The summed E-state index contributed by atoms with van der Waals surface area (Å²) in [5.74, 6) is 0.0620. The average Bonchev–Trinajstić information content (AvgIpc) is 2.97. The largest absolute Gasteiger partial charge is 0.309 e. The molecule has 1 fully saturated rings. The Morgan fingerprint density at radius 3 is 2.88 bits per heavy atom. The summed E-state index contributed by atoms with van der Waals surface area (Å²) in [6.45, 7) is 4.55. The summed E-state index contributed by atoms with van der Waals surface area (Å²) in [6, 6.07) is 15.2. The van der Waals surface area contributed by atoms with Crippen molar-refractivity contribution in [3.63, 3.8) is 0 Å². The number of hydrogen-bond acceptors (Lipinski definition) is 2. The highest BCUT2D eigenvalue weighted by Crippen LogP contribution is 2.34. The molecule has 2 aromatic carbocycles. The average molecular weight is 352 g/mol. The van der Waals surface area contributed by atoms with Gasteiger partial charge in [0.25, 0.3) is 0 Å². The smallest absolute Gasteiger partial charge is 0.231 e. The molecule has 1 saturated heterocycles. The first kappa shape index (κ1) is 17.2. The van der Waals surface area contributed by atoms with Crippen LogP contribution in [0.4, 0.5) is 10.1 Å². The van der Waals surface area contributed by atoms with E-state index in [1.54, 1.807) is 12.1 Å². The Hall–Kier alpha value is -2.20. The monoisotopic (exact) mass is 352 g/mol. The minimum Gasteiger partial charge on any atom is -0.309 e. The third kappa shape index (κ3) is 3.38. The van der Waals surface area contributed by atoms with Crippen LogP contribution in [-0.2, 0) is 17.8 Å². The van der Waals surface area contributed by atoms with Crippen LogP contribution in [0, 0.1) is 11.7 Å². The van der Waals surface area contributed by atoms with Crippen LogP contribution in [0.15, 0.2) is 48.5 Å².